The first-order valence-corrected chi connectivity index (χ1v) is 5.26. The lowest BCUT2D eigenvalue weighted by Gasteiger charge is -2.09. The molecule has 0 saturated carbocycles. The summed E-state index contributed by atoms with van der Waals surface area (Å²) < 4.78 is 1.60. The average Bonchev–Trinajstić information content (AvgIpc) is 2.83. The van der Waals surface area contributed by atoms with Crippen molar-refractivity contribution in [2.75, 3.05) is 11.9 Å². The van der Waals surface area contributed by atoms with Gasteiger partial charge in [0.2, 0.25) is 5.91 Å². The first-order valence-electron chi connectivity index (χ1n) is 5.26. The van der Waals surface area contributed by atoms with Crippen LogP contribution in [0.15, 0.2) is 36.8 Å². The number of rotatable bonds is 4. The summed E-state index contributed by atoms with van der Waals surface area (Å²) in [5.41, 5.74) is 5.94. The summed E-state index contributed by atoms with van der Waals surface area (Å²) in [6, 6.07) is 5.32. The van der Waals surface area contributed by atoms with Crippen LogP contribution in [0.1, 0.15) is 6.42 Å². The minimum Gasteiger partial charge on any atom is -0.330 e. The van der Waals surface area contributed by atoms with Gasteiger partial charge in [-0.05, 0) is 18.2 Å². The van der Waals surface area contributed by atoms with Gasteiger partial charge < -0.3 is 11.1 Å². The smallest absolute Gasteiger partial charge is 0.225 e. The molecule has 0 spiro atoms. The van der Waals surface area contributed by atoms with Crippen molar-refractivity contribution >= 4 is 11.6 Å². The molecule has 0 aromatic carbocycles. The quantitative estimate of drug-likeness (QED) is 0.804. The van der Waals surface area contributed by atoms with Crippen LogP contribution in [0.3, 0.4) is 0 Å². The Balaban J connectivity index is 2.25. The van der Waals surface area contributed by atoms with Crippen LogP contribution in [0.4, 0.5) is 5.69 Å². The highest BCUT2D eigenvalue weighted by molar-refractivity contribution is 5.92. The van der Waals surface area contributed by atoms with Gasteiger partial charge in [-0.2, -0.15) is 5.10 Å². The first kappa shape index (κ1) is 11.3. The fraction of sp³-hybridized carbons (Fsp3) is 0.182. The normalized spacial score (nSPS) is 10.2. The Bertz CT molecular complexity index is 494. The van der Waals surface area contributed by atoms with Gasteiger partial charge in [-0.15, -0.1) is 0 Å². The molecule has 0 aliphatic carbocycles. The maximum Gasteiger partial charge on any atom is 0.225 e. The van der Waals surface area contributed by atoms with Gasteiger partial charge in [0.15, 0.2) is 5.82 Å². The molecule has 2 heterocycles. The van der Waals surface area contributed by atoms with Gasteiger partial charge in [-0.1, -0.05) is 0 Å². The molecule has 2 aromatic heterocycles. The number of nitrogens with two attached hydrogens (primary N) is 1. The minimum atomic E-state index is -0.131. The average molecular weight is 231 g/mol. The maximum atomic E-state index is 11.5. The van der Waals surface area contributed by atoms with Gasteiger partial charge in [0.05, 0.1) is 5.69 Å². The molecule has 3 N–H and O–H groups in total. The molecule has 0 fully saturated rings. The summed E-state index contributed by atoms with van der Waals surface area (Å²) in [7, 11) is 0. The Morgan fingerprint density at radius 1 is 1.41 bits per heavy atom. The van der Waals surface area contributed by atoms with Crippen LogP contribution in [0.25, 0.3) is 5.82 Å². The molecular formula is C11H13N5O. The molecule has 2 aromatic rings. The Morgan fingerprint density at radius 2 is 2.29 bits per heavy atom. The Hall–Kier alpha value is -2.21. The summed E-state index contributed by atoms with van der Waals surface area (Å²) in [6.45, 7) is 0.323. The van der Waals surface area contributed by atoms with Crippen molar-refractivity contribution in [3.05, 3.63) is 36.8 Å². The molecule has 6 nitrogen and oxygen atoms in total. The summed E-state index contributed by atoms with van der Waals surface area (Å²) in [6.07, 6.45) is 5.35. The Morgan fingerprint density at radius 3 is 3.00 bits per heavy atom. The maximum absolute atomic E-state index is 11.5. The Kier molecular flexibility index (Phi) is 3.46. The SMILES string of the molecule is NCCC(=O)Nc1cccnc1-n1cccn1. The number of aromatic nitrogens is 3. The molecule has 6 heteroatoms. The van der Waals surface area contributed by atoms with Gasteiger partial charge >= 0.3 is 0 Å². The van der Waals surface area contributed by atoms with Gasteiger partial charge in [0.1, 0.15) is 0 Å². The predicted octanol–water partition coefficient (Wildman–Crippen LogP) is 0.555. The number of carbonyl (C=O) groups is 1. The lowest BCUT2D eigenvalue weighted by atomic mass is 10.3. The van der Waals surface area contributed by atoms with E-state index in [-0.39, 0.29) is 12.3 Å². The topological polar surface area (TPSA) is 85.8 Å². The zero-order chi connectivity index (χ0) is 12.1. The van der Waals surface area contributed by atoms with Gasteiger partial charge in [-0.3, -0.25) is 4.79 Å². The van der Waals surface area contributed by atoms with E-state index in [1.54, 1.807) is 41.5 Å². The van der Waals surface area contributed by atoms with Crippen molar-refractivity contribution in [2.45, 2.75) is 6.42 Å². The highest BCUT2D eigenvalue weighted by atomic mass is 16.1. The third-order valence-electron chi connectivity index (χ3n) is 2.15. The third kappa shape index (κ3) is 2.67. The largest absolute Gasteiger partial charge is 0.330 e. The molecule has 0 saturated heterocycles. The number of pyridine rings is 1. The molecular weight excluding hydrogens is 218 g/mol. The van der Waals surface area contributed by atoms with Crippen LogP contribution in [-0.4, -0.2) is 27.2 Å². The third-order valence-corrected chi connectivity index (χ3v) is 2.15. The summed E-state index contributed by atoms with van der Waals surface area (Å²) in [5, 5.41) is 6.84. The first-order chi connectivity index (χ1) is 8.31. The number of hydrogen-bond donors (Lipinski definition) is 2. The summed E-state index contributed by atoms with van der Waals surface area (Å²) in [4.78, 5) is 15.7. The van der Waals surface area contributed by atoms with Crippen molar-refractivity contribution < 1.29 is 4.79 Å². The fourth-order valence-corrected chi connectivity index (χ4v) is 1.42. The lowest BCUT2D eigenvalue weighted by molar-refractivity contribution is -0.116. The molecule has 17 heavy (non-hydrogen) atoms. The fourth-order valence-electron chi connectivity index (χ4n) is 1.42. The van der Waals surface area contributed by atoms with Crippen molar-refractivity contribution in [1.29, 1.82) is 0 Å². The monoisotopic (exact) mass is 231 g/mol. The number of hydrogen-bond acceptors (Lipinski definition) is 4. The molecule has 2 rings (SSSR count). The molecule has 1 amide bonds. The highest BCUT2D eigenvalue weighted by Crippen LogP contribution is 2.15. The molecule has 0 aliphatic rings. The molecule has 0 radical (unpaired) electrons. The summed E-state index contributed by atoms with van der Waals surface area (Å²) in [5.74, 6) is 0.455. The molecule has 0 aliphatic heterocycles. The van der Waals surface area contributed by atoms with E-state index in [1.165, 1.54) is 0 Å². The van der Waals surface area contributed by atoms with E-state index < -0.39 is 0 Å². The number of nitrogens with one attached hydrogen (secondary N) is 1. The lowest BCUT2D eigenvalue weighted by Crippen LogP contribution is -2.17. The number of amides is 1. The van der Waals surface area contributed by atoms with Crippen LogP contribution in [0.5, 0.6) is 0 Å². The number of nitrogens with zero attached hydrogens (tertiary/aromatic N) is 3. The number of carbonyl (C=O) groups excluding carboxylic acids is 1. The van der Waals surface area contributed by atoms with E-state index in [0.717, 1.165) is 0 Å². The van der Waals surface area contributed by atoms with Gasteiger partial charge in [-0.25, -0.2) is 9.67 Å². The van der Waals surface area contributed by atoms with Crippen molar-refractivity contribution in [1.82, 2.24) is 14.8 Å². The van der Waals surface area contributed by atoms with E-state index in [0.29, 0.717) is 18.1 Å². The molecule has 0 atom stereocenters. The second kappa shape index (κ2) is 5.22. The van der Waals surface area contributed by atoms with Gasteiger partial charge in [0, 0.05) is 31.6 Å². The Labute approximate surface area is 98.5 Å². The predicted molar refractivity (Wildman–Crippen MR) is 63.7 cm³/mol. The van der Waals surface area contributed by atoms with Crippen molar-refractivity contribution in [3.8, 4) is 5.82 Å². The van der Waals surface area contributed by atoms with Crippen molar-refractivity contribution in [2.24, 2.45) is 5.73 Å². The van der Waals surface area contributed by atoms with Crippen LogP contribution >= 0.6 is 0 Å². The second-order valence-electron chi connectivity index (χ2n) is 3.41. The second-order valence-corrected chi connectivity index (χ2v) is 3.41. The zero-order valence-corrected chi connectivity index (χ0v) is 9.21. The van der Waals surface area contributed by atoms with Crippen molar-refractivity contribution in [3.63, 3.8) is 0 Å². The van der Waals surface area contributed by atoms with E-state index in [9.17, 15) is 4.79 Å². The molecule has 88 valence electrons. The van der Waals surface area contributed by atoms with E-state index in [4.69, 9.17) is 5.73 Å². The van der Waals surface area contributed by atoms with E-state index in [2.05, 4.69) is 15.4 Å². The standard InChI is InChI=1S/C11H13N5O/c12-5-4-10(17)15-9-3-1-6-13-11(9)16-8-2-7-14-16/h1-3,6-8H,4-5,12H2,(H,15,17). The van der Waals surface area contributed by atoms with Gasteiger partial charge in [0.25, 0.3) is 0 Å². The van der Waals surface area contributed by atoms with E-state index in [1.807, 2.05) is 0 Å². The van der Waals surface area contributed by atoms with Crippen LogP contribution in [-0.2, 0) is 4.79 Å². The summed E-state index contributed by atoms with van der Waals surface area (Å²) >= 11 is 0. The zero-order valence-electron chi connectivity index (χ0n) is 9.21. The van der Waals surface area contributed by atoms with Crippen LogP contribution < -0.4 is 11.1 Å². The van der Waals surface area contributed by atoms with Crippen LogP contribution in [0.2, 0.25) is 0 Å². The highest BCUT2D eigenvalue weighted by Gasteiger charge is 2.08. The van der Waals surface area contributed by atoms with Crippen LogP contribution in [0, 0.1) is 0 Å². The van der Waals surface area contributed by atoms with E-state index >= 15 is 0 Å². The minimum absolute atomic E-state index is 0.131. The molecule has 0 unspecified atom stereocenters. The molecule has 0 bridgehead atoms. The number of anilines is 1.